The summed E-state index contributed by atoms with van der Waals surface area (Å²) in [6, 6.07) is 14.4. The highest BCUT2D eigenvalue weighted by Crippen LogP contribution is 2.30. The molecule has 0 saturated heterocycles. The average molecular weight is 364 g/mol. The smallest absolute Gasteiger partial charge is 0.246 e. The van der Waals surface area contributed by atoms with Crippen LogP contribution in [0.3, 0.4) is 0 Å². The van der Waals surface area contributed by atoms with Crippen LogP contribution >= 0.6 is 0 Å². The normalized spacial score (nSPS) is 12.5. The van der Waals surface area contributed by atoms with E-state index in [4.69, 9.17) is 4.74 Å². The summed E-state index contributed by atoms with van der Waals surface area (Å²) >= 11 is 0. The highest BCUT2D eigenvalue weighted by molar-refractivity contribution is 5.90. The maximum Gasteiger partial charge on any atom is 0.246 e. The van der Waals surface area contributed by atoms with Gasteiger partial charge in [-0.3, -0.25) is 9.59 Å². The van der Waals surface area contributed by atoms with Crippen molar-refractivity contribution in [2.75, 3.05) is 20.2 Å². The van der Waals surface area contributed by atoms with Crippen LogP contribution in [0.1, 0.15) is 17.5 Å². The number of carbonyl (C=O) groups excluding carboxylic acids is 2. The van der Waals surface area contributed by atoms with Gasteiger partial charge in [-0.1, -0.05) is 36.9 Å². The van der Waals surface area contributed by atoms with Gasteiger partial charge >= 0.3 is 0 Å². The number of nitrogens with zero attached hydrogens (tertiary/aromatic N) is 1. The van der Waals surface area contributed by atoms with E-state index in [-0.39, 0.29) is 18.4 Å². The second kappa shape index (κ2) is 8.54. The number of nitrogens with one attached hydrogen (secondary N) is 1. The van der Waals surface area contributed by atoms with E-state index in [1.807, 2.05) is 18.2 Å². The molecule has 0 fully saturated rings. The summed E-state index contributed by atoms with van der Waals surface area (Å²) in [5.74, 6) is 0.514. The molecule has 0 unspecified atom stereocenters. The molecule has 0 atom stereocenters. The van der Waals surface area contributed by atoms with Crippen molar-refractivity contribution in [3.8, 4) is 16.9 Å². The second-order valence-electron chi connectivity index (χ2n) is 6.65. The number of amides is 2. The Morgan fingerprint density at radius 2 is 1.93 bits per heavy atom. The topological polar surface area (TPSA) is 58.6 Å². The fourth-order valence-electron chi connectivity index (χ4n) is 3.06. The van der Waals surface area contributed by atoms with Gasteiger partial charge in [0.05, 0.1) is 13.2 Å². The van der Waals surface area contributed by atoms with Crippen LogP contribution in [0.5, 0.6) is 5.75 Å². The predicted molar refractivity (Wildman–Crippen MR) is 105 cm³/mol. The first kappa shape index (κ1) is 18.7. The van der Waals surface area contributed by atoms with Crippen molar-refractivity contribution >= 4 is 11.8 Å². The van der Waals surface area contributed by atoms with Gasteiger partial charge < -0.3 is 15.0 Å². The van der Waals surface area contributed by atoms with Crippen molar-refractivity contribution in [2.45, 2.75) is 19.4 Å². The second-order valence-corrected chi connectivity index (χ2v) is 6.65. The van der Waals surface area contributed by atoms with Gasteiger partial charge in [-0.25, -0.2) is 0 Å². The Balaban J connectivity index is 1.58. The Bertz CT molecular complexity index is 843. The third-order valence-corrected chi connectivity index (χ3v) is 4.62. The Morgan fingerprint density at radius 1 is 1.19 bits per heavy atom. The first-order chi connectivity index (χ1) is 13.1. The van der Waals surface area contributed by atoms with Gasteiger partial charge in [0.25, 0.3) is 0 Å². The first-order valence-electron chi connectivity index (χ1n) is 9.06. The lowest BCUT2D eigenvalue weighted by atomic mass is 9.98. The number of likely N-dealkylation sites (N-methyl/N-ethyl adjacent to an activating group) is 1. The van der Waals surface area contributed by atoms with Gasteiger partial charge in [0.1, 0.15) is 5.75 Å². The summed E-state index contributed by atoms with van der Waals surface area (Å²) in [6.07, 6.45) is 3.30. The molecule has 140 valence electrons. The van der Waals surface area contributed by atoms with E-state index in [9.17, 15) is 9.59 Å². The van der Waals surface area contributed by atoms with Crippen molar-refractivity contribution in [2.24, 2.45) is 0 Å². The minimum atomic E-state index is -0.273. The van der Waals surface area contributed by atoms with Crippen molar-refractivity contribution in [1.29, 1.82) is 0 Å². The molecule has 27 heavy (non-hydrogen) atoms. The largest absolute Gasteiger partial charge is 0.493 e. The third-order valence-electron chi connectivity index (χ3n) is 4.62. The van der Waals surface area contributed by atoms with E-state index >= 15 is 0 Å². The van der Waals surface area contributed by atoms with Gasteiger partial charge in [0.15, 0.2) is 0 Å². The lowest BCUT2D eigenvalue weighted by Crippen LogP contribution is -2.37. The molecule has 5 heteroatoms. The monoisotopic (exact) mass is 364 g/mol. The number of hydrogen-bond donors (Lipinski definition) is 1. The summed E-state index contributed by atoms with van der Waals surface area (Å²) in [5, 5.41) is 2.83. The van der Waals surface area contributed by atoms with Crippen LogP contribution < -0.4 is 10.1 Å². The van der Waals surface area contributed by atoms with Gasteiger partial charge in [-0.15, -0.1) is 0 Å². The van der Waals surface area contributed by atoms with Crippen molar-refractivity contribution in [3.63, 3.8) is 0 Å². The molecule has 2 aromatic carbocycles. The van der Waals surface area contributed by atoms with Gasteiger partial charge in [0.2, 0.25) is 11.8 Å². The lowest BCUT2D eigenvalue weighted by molar-refractivity contribution is -0.131. The molecule has 3 rings (SSSR count). The maximum absolute atomic E-state index is 11.9. The molecule has 0 radical (unpaired) electrons. The molecule has 2 aromatic rings. The van der Waals surface area contributed by atoms with Crippen LogP contribution in [0, 0.1) is 0 Å². The summed E-state index contributed by atoms with van der Waals surface area (Å²) in [5.41, 5.74) is 4.56. The van der Waals surface area contributed by atoms with Crippen molar-refractivity contribution in [3.05, 3.63) is 66.2 Å². The molecule has 0 saturated carbocycles. The molecule has 1 aliphatic rings. The van der Waals surface area contributed by atoms with Crippen LogP contribution in [0.25, 0.3) is 11.1 Å². The van der Waals surface area contributed by atoms with E-state index in [0.29, 0.717) is 6.54 Å². The Labute approximate surface area is 159 Å². The molecule has 0 bridgehead atoms. The van der Waals surface area contributed by atoms with E-state index in [1.165, 1.54) is 22.1 Å². The number of hydrogen-bond acceptors (Lipinski definition) is 3. The van der Waals surface area contributed by atoms with Crippen LogP contribution in [-0.4, -0.2) is 36.9 Å². The fraction of sp³-hybridized carbons (Fsp3) is 0.273. The summed E-state index contributed by atoms with van der Waals surface area (Å²) in [6.45, 7) is 4.64. The molecule has 2 amide bonds. The molecule has 1 aliphatic heterocycles. The van der Waals surface area contributed by atoms with Crippen LogP contribution in [0.15, 0.2) is 55.1 Å². The number of aryl methyl sites for hydroxylation is 1. The zero-order chi connectivity index (χ0) is 19.2. The quantitative estimate of drug-likeness (QED) is 0.802. The molecular weight excluding hydrogens is 340 g/mol. The summed E-state index contributed by atoms with van der Waals surface area (Å²) < 4.78 is 5.67. The fourth-order valence-corrected chi connectivity index (χ4v) is 3.06. The minimum absolute atomic E-state index is 0.0140. The van der Waals surface area contributed by atoms with Gasteiger partial charge in [0, 0.05) is 13.6 Å². The summed E-state index contributed by atoms with van der Waals surface area (Å²) in [7, 11) is 1.57. The number of fused-ring (bicyclic) bond motifs is 1. The molecule has 1 N–H and O–H groups in total. The average Bonchev–Trinajstić information content (AvgIpc) is 2.71. The number of carbonyl (C=O) groups is 2. The first-order valence-corrected chi connectivity index (χ1v) is 9.06. The predicted octanol–water partition coefficient (Wildman–Crippen LogP) is 2.94. The maximum atomic E-state index is 11.9. The molecule has 0 spiro atoms. The van der Waals surface area contributed by atoms with Crippen molar-refractivity contribution < 1.29 is 14.3 Å². The minimum Gasteiger partial charge on any atom is -0.493 e. The zero-order valence-electron chi connectivity index (χ0n) is 15.5. The number of ether oxygens (including phenoxy) is 1. The van der Waals surface area contributed by atoms with Gasteiger partial charge in [-0.2, -0.15) is 0 Å². The lowest BCUT2D eigenvalue weighted by Gasteiger charge is -2.18. The molecule has 1 heterocycles. The van der Waals surface area contributed by atoms with Crippen molar-refractivity contribution in [1.82, 2.24) is 10.2 Å². The number of rotatable bonds is 6. The Hall–Kier alpha value is -3.08. The van der Waals surface area contributed by atoms with Crippen LogP contribution in [-0.2, 0) is 22.6 Å². The van der Waals surface area contributed by atoms with Crippen LogP contribution in [0.2, 0.25) is 0 Å². The molecular formula is C22H24N2O3. The number of benzene rings is 2. The van der Waals surface area contributed by atoms with E-state index < -0.39 is 0 Å². The van der Waals surface area contributed by atoms with Crippen LogP contribution in [0.4, 0.5) is 0 Å². The van der Waals surface area contributed by atoms with Gasteiger partial charge in [-0.05, 0) is 53.3 Å². The summed E-state index contributed by atoms with van der Waals surface area (Å²) in [4.78, 5) is 24.6. The van der Waals surface area contributed by atoms with E-state index in [1.54, 1.807) is 7.05 Å². The standard InChI is InChI=1S/C22H24N2O3/c1-3-22(26)24(2)15-21(25)23-14-16-6-8-17(9-7-16)18-10-11-20-19(13-18)5-4-12-27-20/h3,6-11,13H,1,4-5,12,14-15H2,2H3,(H,23,25). The third kappa shape index (κ3) is 4.76. The Morgan fingerprint density at radius 3 is 2.67 bits per heavy atom. The molecule has 0 aliphatic carbocycles. The zero-order valence-corrected chi connectivity index (χ0v) is 15.5. The van der Waals surface area contributed by atoms with E-state index in [2.05, 4.69) is 36.2 Å². The molecule has 0 aromatic heterocycles. The van der Waals surface area contributed by atoms with E-state index in [0.717, 1.165) is 36.3 Å². The molecule has 5 nitrogen and oxygen atoms in total. The highest BCUT2D eigenvalue weighted by Gasteiger charge is 2.12. The SMILES string of the molecule is C=CC(=O)N(C)CC(=O)NCc1ccc(-c2ccc3c(c2)CCCO3)cc1. The highest BCUT2D eigenvalue weighted by atomic mass is 16.5. The Kier molecular flexibility index (Phi) is 5.91.